The van der Waals surface area contributed by atoms with E-state index in [0.717, 1.165) is 24.9 Å². The molecule has 0 aliphatic carbocycles. The average Bonchev–Trinajstić information content (AvgIpc) is 2.52. The van der Waals surface area contributed by atoms with Gasteiger partial charge in [0, 0.05) is 19.5 Å². The lowest BCUT2D eigenvalue weighted by Crippen LogP contribution is -2.40. The average molecular weight is 305 g/mol. The van der Waals surface area contributed by atoms with Crippen molar-refractivity contribution < 1.29 is 19.4 Å². The Balaban J connectivity index is 2.07. The number of hydrogen-bond acceptors (Lipinski definition) is 3. The number of benzene rings is 1. The first-order valence-corrected chi connectivity index (χ1v) is 7.67. The minimum absolute atomic E-state index is 0.0307. The third-order valence-corrected chi connectivity index (χ3v) is 4.16. The Morgan fingerprint density at radius 2 is 2.18 bits per heavy atom. The third-order valence-electron chi connectivity index (χ3n) is 4.16. The lowest BCUT2D eigenvalue weighted by atomic mass is 9.93. The van der Waals surface area contributed by atoms with E-state index in [0.29, 0.717) is 24.3 Å². The Hall–Kier alpha value is -2.04. The summed E-state index contributed by atoms with van der Waals surface area (Å²) < 4.78 is 5.32. The van der Waals surface area contributed by atoms with Crippen molar-refractivity contribution in [2.24, 2.45) is 5.92 Å². The van der Waals surface area contributed by atoms with Gasteiger partial charge in [0.25, 0.3) is 5.91 Å². The van der Waals surface area contributed by atoms with Gasteiger partial charge in [-0.3, -0.25) is 9.59 Å². The highest BCUT2D eigenvalue weighted by Crippen LogP contribution is 2.26. The summed E-state index contributed by atoms with van der Waals surface area (Å²) in [5, 5.41) is 8.79. The fourth-order valence-corrected chi connectivity index (χ4v) is 2.96. The highest BCUT2D eigenvalue weighted by molar-refractivity contribution is 5.97. The summed E-state index contributed by atoms with van der Waals surface area (Å²) in [7, 11) is 1.57. The first-order valence-electron chi connectivity index (χ1n) is 7.67. The Morgan fingerprint density at radius 1 is 1.41 bits per heavy atom. The van der Waals surface area contributed by atoms with Gasteiger partial charge in [-0.2, -0.15) is 0 Å². The monoisotopic (exact) mass is 305 g/mol. The van der Waals surface area contributed by atoms with Gasteiger partial charge < -0.3 is 14.7 Å². The van der Waals surface area contributed by atoms with Crippen molar-refractivity contribution in [3.8, 4) is 5.75 Å². The molecule has 1 amide bonds. The molecule has 120 valence electrons. The van der Waals surface area contributed by atoms with Gasteiger partial charge in [0.15, 0.2) is 0 Å². The van der Waals surface area contributed by atoms with Gasteiger partial charge in [0.2, 0.25) is 0 Å². The Labute approximate surface area is 130 Å². The standard InChI is InChI=1S/C17H23NO4/c1-12-5-7-14(15(10-12)22-2)17(21)18-9-3-4-13(11-18)6-8-16(19)20/h5,7,10,13H,3-4,6,8-9,11H2,1-2H3,(H,19,20)/t13-/m1/s1. The molecule has 1 aliphatic rings. The molecule has 5 nitrogen and oxygen atoms in total. The summed E-state index contributed by atoms with van der Waals surface area (Å²) in [5.41, 5.74) is 1.62. The van der Waals surface area contributed by atoms with E-state index in [2.05, 4.69) is 0 Å². The highest BCUT2D eigenvalue weighted by atomic mass is 16.5. The molecule has 22 heavy (non-hydrogen) atoms. The number of rotatable bonds is 5. The van der Waals surface area contributed by atoms with Gasteiger partial charge >= 0.3 is 5.97 Å². The molecule has 1 aromatic carbocycles. The van der Waals surface area contributed by atoms with Gasteiger partial charge in [-0.1, -0.05) is 6.07 Å². The number of nitrogens with zero attached hydrogens (tertiary/aromatic N) is 1. The second-order valence-corrected chi connectivity index (χ2v) is 5.90. The molecule has 5 heteroatoms. The fourth-order valence-electron chi connectivity index (χ4n) is 2.96. The van der Waals surface area contributed by atoms with E-state index in [1.165, 1.54) is 0 Å². The molecule has 1 saturated heterocycles. The highest BCUT2D eigenvalue weighted by Gasteiger charge is 2.26. The molecule has 1 aliphatic heterocycles. The molecule has 1 fully saturated rings. The predicted octanol–water partition coefficient (Wildman–Crippen LogP) is 2.72. The number of carboxylic acid groups (broad SMARTS) is 1. The number of carbonyl (C=O) groups excluding carboxylic acids is 1. The van der Waals surface area contributed by atoms with Crippen LogP contribution in [0, 0.1) is 12.8 Å². The van der Waals surface area contributed by atoms with Crippen molar-refractivity contribution in [1.82, 2.24) is 4.90 Å². The summed E-state index contributed by atoms with van der Waals surface area (Å²) in [6.45, 7) is 3.31. The van der Waals surface area contributed by atoms with Crippen LogP contribution in [0.4, 0.5) is 0 Å². The SMILES string of the molecule is COc1cc(C)ccc1C(=O)N1CCC[C@H](CCC(=O)O)C1. The van der Waals surface area contributed by atoms with Crippen molar-refractivity contribution in [2.45, 2.75) is 32.6 Å². The van der Waals surface area contributed by atoms with Crippen molar-refractivity contribution >= 4 is 11.9 Å². The Morgan fingerprint density at radius 3 is 2.86 bits per heavy atom. The molecule has 1 N–H and O–H groups in total. The van der Waals surface area contributed by atoms with Crippen molar-refractivity contribution in [3.05, 3.63) is 29.3 Å². The normalized spacial score (nSPS) is 18.1. The molecule has 0 spiro atoms. The summed E-state index contributed by atoms with van der Waals surface area (Å²) in [6.07, 6.45) is 2.71. The van der Waals surface area contributed by atoms with Crippen LogP contribution in [0.15, 0.2) is 18.2 Å². The minimum Gasteiger partial charge on any atom is -0.496 e. The second kappa shape index (κ2) is 7.29. The molecule has 0 radical (unpaired) electrons. The van der Waals surface area contributed by atoms with Crippen molar-refractivity contribution in [1.29, 1.82) is 0 Å². The van der Waals surface area contributed by atoms with E-state index in [4.69, 9.17) is 9.84 Å². The molecule has 0 bridgehead atoms. The number of piperidine rings is 1. The van der Waals surface area contributed by atoms with Crippen LogP contribution in [0.3, 0.4) is 0 Å². The minimum atomic E-state index is -0.774. The van der Waals surface area contributed by atoms with Gasteiger partial charge in [0.05, 0.1) is 12.7 Å². The van der Waals surface area contributed by atoms with Gasteiger partial charge in [-0.15, -0.1) is 0 Å². The number of carboxylic acids is 1. The maximum Gasteiger partial charge on any atom is 0.303 e. The molecule has 2 rings (SSSR count). The molecule has 0 aromatic heterocycles. The maximum atomic E-state index is 12.7. The van der Waals surface area contributed by atoms with Crippen molar-refractivity contribution in [2.75, 3.05) is 20.2 Å². The lowest BCUT2D eigenvalue weighted by Gasteiger charge is -2.33. The zero-order valence-electron chi connectivity index (χ0n) is 13.2. The van der Waals surface area contributed by atoms with E-state index in [1.807, 2.05) is 24.0 Å². The van der Waals surface area contributed by atoms with Crippen molar-refractivity contribution in [3.63, 3.8) is 0 Å². The molecular formula is C17H23NO4. The van der Waals surface area contributed by atoms with Crippen LogP contribution in [0.1, 0.15) is 41.6 Å². The van der Waals surface area contributed by atoms with E-state index >= 15 is 0 Å². The lowest BCUT2D eigenvalue weighted by molar-refractivity contribution is -0.137. The summed E-state index contributed by atoms with van der Waals surface area (Å²) >= 11 is 0. The van der Waals surface area contributed by atoms with Crippen LogP contribution in [-0.2, 0) is 4.79 Å². The van der Waals surface area contributed by atoms with Gasteiger partial charge in [-0.05, 0) is 49.8 Å². The number of hydrogen-bond donors (Lipinski definition) is 1. The number of aryl methyl sites for hydroxylation is 1. The number of carbonyl (C=O) groups is 2. The molecule has 0 unspecified atom stereocenters. The summed E-state index contributed by atoms with van der Waals surface area (Å²) in [5.74, 6) is 0.0587. The zero-order chi connectivity index (χ0) is 16.1. The van der Waals surface area contributed by atoms with Crippen LogP contribution >= 0.6 is 0 Å². The van der Waals surface area contributed by atoms with Crippen LogP contribution in [-0.4, -0.2) is 42.1 Å². The summed E-state index contributed by atoms with van der Waals surface area (Å²) in [4.78, 5) is 25.2. The van der Waals surface area contributed by atoms with Crippen LogP contribution < -0.4 is 4.74 Å². The first kappa shape index (κ1) is 16.3. The number of aliphatic carboxylic acids is 1. The fraction of sp³-hybridized carbons (Fsp3) is 0.529. The Kier molecular flexibility index (Phi) is 5.41. The maximum absolute atomic E-state index is 12.7. The van der Waals surface area contributed by atoms with E-state index in [-0.39, 0.29) is 18.2 Å². The number of ether oxygens (including phenoxy) is 1. The smallest absolute Gasteiger partial charge is 0.303 e. The Bertz CT molecular complexity index is 556. The van der Waals surface area contributed by atoms with Gasteiger partial charge in [-0.25, -0.2) is 0 Å². The van der Waals surface area contributed by atoms with Gasteiger partial charge in [0.1, 0.15) is 5.75 Å². The number of methoxy groups -OCH3 is 1. The first-order chi connectivity index (χ1) is 10.5. The molecule has 0 saturated carbocycles. The van der Waals surface area contributed by atoms with E-state index < -0.39 is 5.97 Å². The van der Waals surface area contributed by atoms with E-state index in [1.54, 1.807) is 13.2 Å². The van der Waals surface area contributed by atoms with Crippen LogP contribution in [0.25, 0.3) is 0 Å². The molecule has 1 atom stereocenters. The second-order valence-electron chi connectivity index (χ2n) is 5.90. The number of likely N-dealkylation sites (tertiary alicyclic amines) is 1. The van der Waals surface area contributed by atoms with Crippen LogP contribution in [0.5, 0.6) is 5.75 Å². The van der Waals surface area contributed by atoms with Crippen LogP contribution in [0.2, 0.25) is 0 Å². The summed E-state index contributed by atoms with van der Waals surface area (Å²) in [6, 6.07) is 5.57. The third kappa shape index (κ3) is 4.00. The van der Waals surface area contributed by atoms with E-state index in [9.17, 15) is 9.59 Å². The molecule has 1 heterocycles. The number of amides is 1. The predicted molar refractivity (Wildman–Crippen MR) is 83.2 cm³/mol. The zero-order valence-corrected chi connectivity index (χ0v) is 13.2. The largest absolute Gasteiger partial charge is 0.496 e. The molecule has 1 aromatic rings. The molecular weight excluding hydrogens is 282 g/mol. The topological polar surface area (TPSA) is 66.8 Å². The quantitative estimate of drug-likeness (QED) is 0.908.